The molecule has 0 saturated heterocycles. The summed E-state index contributed by atoms with van der Waals surface area (Å²) in [4.78, 5) is 0. The highest BCUT2D eigenvalue weighted by Gasteiger charge is 2.06. The number of aromatic nitrogens is 3. The molecule has 0 aliphatic rings. The second kappa shape index (κ2) is 6.30. The minimum atomic E-state index is 0.109. The largest absolute Gasteiger partial charge is 0.508 e. The molecular weight excluding hydrogens is 276 g/mol. The molecule has 0 radical (unpaired) electrons. The number of nitrogens with one attached hydrogen (secondary N) is 1. The molecule has 1 unspecified atom stereocenters. The number of nitrogens with zero attached hydrogens (tertiary/aromatic N) is 3. The van der Waals surface area contributed by atoms with Crippen LogP contribution in [0.2, 0.25) is 0 Å². The summed E-state index contributed by atoms with van der Waals surface area (Å²) in [5.41, 5.74) is 3.26. The molecule has 1 aromatic heterocycles. The maximum Gasteiger partial charge on any atom is 0.119 e. The van der Waals surface area contributed by atoms with Gasteiger partial charge in [-0.1, -0.05) is 24.3 Å². The maximum absolute atomic E-state index is 9.57. The van der Waals surface area contributed by atoms with Crippen LogP contribution < -0.4 is 5.32 Å². The van der Waals surface area contributed by atoms with Crippen molar-refractivity contribution in [3.63, 3.8) is 0 Å². The van der Waals surface area contributed by atoms with Crippen molar-refractivity contribution in [2.45, 2.75) is 19.5 Å². The van der Waals surface area contributed by atoms with E-state index in [-0.39, 0.29) is 11.8 Å². The summed E-state index contributed by atoms with van der Waals surface area (Å²) in [6.45, 7) is 2.81. The normalized spacial score (nSPS) is 12.0. The van der Waals surface area contributed by atoms with Gasteiger partial charge in [0.05, 0.1) is 6.54 Å². The molecule has 5 heteroatoms. The average Bonchev–Trinajstić information content (AvgIpc) is 3.00. The minimum absolute atomic E-state index is 0.109. The van der Waals surface area contributed by atoms with Gasteiger partial charge in [0.2, 0.25) is 0 Å². The van der Waals surface area contributed by atoms with Crippen LogP contribution in [0.25, 0.3) is 0 Å². The van der Waals surface area contributed by atoms with Crippen molar-refractivity contribution < 1.29 is 5.11 Å². The Morgan fingerprint density at radius 2 is 1.86 bits per heavy atom. The van der Waals surface area contributed by atoms with Crippen LogP contribution in [0.3, 0.4) is 0 Å². The van der Waals surface area contributed by atoms with Gasteiger partial charge < -0.3 is 15.0 Å². The molecule has 0 bridgehead atoms. The van der Waals surface area contributed by atoms with E-state index in [1.165, 1.54) is 5.56 Å². The fourth-order valence-corrected chi connectivity index (χ4v) is 2.40. The summed E-state index contributed by atoms with van der Waals surface area (Å²) >= 11 is 0. The molecule has 3 aromatic rings. The second-order valence-corrected chi connectivity index (χ2v) is 5.30. The molecule has 1 atom stereocenters. The molecule has 22 heavy (non-hydrogen) atoms. The Kier molecular flexibility index (Phi) is 4.05. The zero-order valence-electron chi connectivity index (χ0n) is 12.3. The van der Waals surface area contributed by atoms with Gasteiger partial charge in [-0.15, -0.1) is 10.2 Å². The first-order valence-electron chi connectivity index (χ1n) is 7.17. The van der Waals surface area contributed by atoms with Crippen molar-refractivity contribution in [1.29, 1.82) is 0 Å². The third-order valence-corrected chi connectivity index (χ3v) is 3.51. The van der Waals surface area contributed by atoms with Crippen molar-refractivity contribution in [2.75, 3.05) is 5.32 Å². The van der Waals surface area contributed by atoms with E-state index >= 15 is 0 Å². The van der Waals surface area contributed by atoms with E-state index in [9.17, 15) is 5.11 Å². The lowest BCUT2D eigenvalue weighted by Crippen LogP contribution is -2.07. The van der Waals surface area contributed by atoms with Crippen LogP contribution in [0.5, 0.6) is 5.75 Å². The van der Waals surface area contributed by atoms with Crippen LogP contribution in [0, 0.1) is 0 Å². The number of phenolic OH excluding ortho intramolecular Hbond substituents is 1. The molecule has 2 aromatic carbocycles. The van der Waals surface area contributed by atoms with E-state index < -0.39 is 0 Å². The Bertz CT molecular complexity index is 740. The van der Waals surface area contributed by atoms with Crippen molar-refractivity contribution in [2.24, 2.45) is 0 Å². The molecule has 0 aliphatic carbocycles. The Morgan fingerprint density at radius 3 is 2.64 bits per heavy atom. The van der Waals surface area contributed by atoms with E-state index in [1.54, 1.807) is 24.8 Å². The van der Waals surface area contributed by atoms with Crippen LogP contribution in [-0.2, 0) is 6.54 Å². The van der Waals surface area contributed by atoms with Gasteiger partial charge in [-0.3, -0.25) is 0 Å². The number of anilines is 1. The lowest BCUT2D eigenvalue weighted by atomic mass is 10.1. The molecule has 112 valence electrons. The highest BCUT2D eigenvalue weighted by Crippen LogP contribution is 2.22. The Balaban J connectivity index is 1.72. The van der Waals surface area contributed by atoms with Gasteiger partial charge in [-0.25, -0.2) is 0 Å². The van der Waals surface area contributed by atoms with Gasteiger partial charge >= 0.3 is 0 Å². The van der Waals surface area contributed by atoms with Crippen LogP contribution in [0.1, 0.15) is 24.1 Å². The number of rotatable bonds is 5. The SMILES string of the molecule is CC(Nc1cccc(Cn2cnnc2)c1)c1cccc(O)c1. The van der Waals surface area contributed by atoms with E-state index in [0.717, 1.165) is 17.8 Å². The second-order valence-electron chi connectivity index (χ2n) is 5.30. The average molecular weight is 294 g/mol. The van der Waals surface area contributed by atoms with E-state index in [4.69, 9.17) is 0 Å². The van der Waals surface area contributed by atoms with Gasteiger partial charge in [0.25, 0.3) is 0 Å². The summed E-state index contributed by atoms with van der Waals surface area (Å²) in [6, 6.07) is 15.7. The van der Waals surface area contributed by atoms with Crippen molar-refractivity contribution in [3.8, 4) is 5.75 Å². The summed E-state index contributed by atoms with van der Waals surface area (Å²) in [7, 11) is 0. The number of aromatic hydroxyl groups is 1. The first-order valence-corrected chi connectivity index (χ1v) is 7.17. The summed E-state index contributed by atoms with van der Waals surface area (Å²) in [5.74, 6) is 0.285. The third-order valence-electron chi connectivity index (χ3n) is 3.51. The van der Waals surface area contributed by atoms with Crippen LogP contribution >= 0.6 is 0 Å². The molecule has 0 aliphatic heterocycles. The van der Waals surface area contributed by atoms with E-state index in [2.05, 4.69) is 34.6 Å². The van der Waals surface area contributed by atoms with Crippen molar-refractivity contribution in [3.05, 3.63) is 72.3 Å². The quantitative estimate of drug-likeness (QED) is 0.758. The number of benzene rings is 2. The molecule has 5 nitrogen and oxygen atoms in total. The van der Waals surface area contributed by atoms with E-state index in [0.29, 0.717) is 0 Å². The number of hydrogen-bond donors (Lipinski definition) is 2. The third kappa shape index (κ3) is 3.44. The van der Waals surface area contributed by atoms with Crippen LogP contribution in [0.15, 0.2) is 61.2 Å². The molecule has 0 saturated carbocycles. The van der Waals surface area contributed by atoms with Gasteiger partial charge in [0.15, 0.2) is 0 Å². The highest BCUT2D eigenvalue weighted by atomic mass is 16.3. The van der Waals surface area contributed by atoms with E-state index in [1.807, 2.05) is 28.8 Å². The van der Waals surface area contributed by atoms with Crippen molar-refractivity contribution >= 4 is 5.69 Å². The predicted octanol–water partition coefficient (Wildman–Crippen LogP) is 3.21. The maximum atomic E-state index is 9.57. The monoisotopic (exact) mass is 294 g/mol. The standard InChI is InChI=1S/C17H18N4O/c1-13(15-5-3-7-17(22)9-15)20-16-6-2-4-14(8-16)10-21-11-18-19-12-21/h2-9,11-13,20,22H,10H2,1H3. The Morgan fingerprint density at radius 1 is 1.09 bits per heavy atom. The van der Waals surface area contributed by atoms with Gasteiger partial charge in [0, 0.05) is 11.7 Å². The smallest absolute Gasteiger partial charge is 0.119 e. The molecule has 0 spiro atoms. The molecule has 0 amide bonds. The Hall–Kier alpha value is -2.82. The van der Waals surface area contributed by atoms with Gasteiger partial charge in [-0.05, 0) is 42.3 Å². The lowest BCUT2D eigenvalue weighted by Gasteiger charge is -2.16. The first-order chi connectivity index (χ1) is 10.7. The van der Waals surface area contributed by atoms with Crippen LogP contribution in [0.4, 0.5) is 5.69 Å². The summed E-state index contributed by atoms with van der Waals surface area (Å²) < 4.78 is 1.93. The topological polar surface area (TPSA) is 63.0 Å². The summed E-state index contributed by atoms with van der Waals surface area (Å²) in [6.07, 6.45) is 3.41. The van der Waals surface area contributed by atoms with Gasteiger partial charge in [0.1, 0.15) is 18.4 Å². The fraction of sp³-hybridized carbons (Fsp3) is 0.176. The lowest BCUT2D eigenvalue weighted by molar-refractivity contribution is 0.474. The number of phenols is 1. The summed E-state index contributed by atoms with van der Waals surface area (Å²) in [5, 5.41) is 20.6. The van der Waals surface area contributed by atoms with Crippen molar-refractivity contribution in [1.82, 2.24) is 14.8 Å². The molecular formula is C17H18N4O. The minimum Gasteiger partial charge on any atom is -0.508 e. The molecule has 0 fully saturated rings. The molecule has 2 N–H and O–H groups in total. The highest BCUT2D eigenvalue weighted by molar-refractivity contribution is 5.48. The zero-order chi connectivity index (χ0) is 15.4. The number of hydrogen-bond acceptors (Lipinski definition) is 4. The molecule has 3 rings (SSSR count). The first kappa shape index (κ1) is 14.1. The predicted molar refractivity (Wildman–Crippen MR) is 85.7 cm³/mol. The van der Waals surface area contributed by atoms with Crippen LogP contribution in [-0.4, -0.2) is 19.9 Å². The molecule has 1 heterocycles. The Labute approximate surface area is 129 Å². The van der Waals surface area contributed by atoms with Gasteiger partial charge in [-0.2, -0.15) is 0 Å². The zero-order valence-corrected chi connectivity index (χ0v) is 12.3. The fourth-order valence-electron chi connectivity index (χ4n) is 2.40.